The van der Waals surface area contributed by atoms with Gasteiger partial charge in [-0.05, 0) is 88.5 Å². The van der Waals surface area contributed by atoms with Crippen molar-refractivity contribution in [3.8, 4) is 0 Å². The molecule has 138 valence electrons. The predicted octanol–water partition coefficient (Wildman–Crippen LogP) is 6.34. The summed E-state index contributed by atoms with van der Waals surface area (Å²) in [7, 11) is 0. The van der Waals surface area contributed by atoms with E-state index >= 15 is 0 Å². The molecule has 0 amide bonds. The fourth-order valence-electron chi connectivity index (χ4n) is 4.65. The van der Waals surface area contributed by atoms with E-state index in [1.165, 1.54) is 25.0 Å². The van der Waals surface area contributed by atoms with Crippen LogP contribution >= 0.6 is 11.8 Å². The number of thioether (sulfide) groups is 1. The first-order valence-electron chi connectivity index (χ1n) is 9.78. The molecule has 0 radical (unpaired) electrons. The molecule has 0 fully saturated rings. The smallest absolute Gasteiger partial charge is 0.0723 e. The SMILES string of the molecule is CC(C)(C)OC(C)(C)CSCC1C2CC=CC=C2C=C2C=CCCC21. The van der Waals surface area contributed by atoms with Gasteiger partial charge in [-0.2, -0.15) is 11.8 Å². The molecule has 0 saturated carbocycles. The number of fused-ring (bicyclic) bond motifs is 2. The van der Waals surface area contributed by atoms with Crippen molar-refractivity contribution in [1.82, 2.24) is 0 Å². The lowest BCUT2D eigenvalue weighted by Gasteiger charge is -2.42. The van der Waals surface area contributed by atoms with Crippen LogP contribution in [0.2, 0.25) is 0 Å². The average Bonchev–Trinajstić information content (AvgIpc) is 2.51. The van der Waals surface area contributed by atoms with Gasteiger partial charge in [0.1, 0.15) is 0 Å². The van der Waals surface area contributed by atoms with Crippen LogP contribution in [-0.2, 0) is 4.74 Å². The van der Waals surface area contributed by atoms with E-state index in [0.717, 1.165) is 17.6 Å². The minimum atomic E-state index is -0.0803. The molecule has 0 saturated heterocycles. The quantitative estimate of drug-likeness (QED) is 0.567. The Hall–Kier alpha value is -0.730. The summed E-state index contributed by atoms with van der Waals surface area (Å²) < 4.78 is 6.26. The van der Waals surface area contributed by atoms with Crippen LogP contribution in [0.25, 0.3) is 0 Å². The molecule has 0 spiro atoms. The van der Waals surface area contributed by atoms with Gasteiger partial charge in [0.25, 0.3) is 0 Å². The maximum absolute atomic E-state index is 6.26. The van der Waals surface area contributed by atoms with E-state index in [1.807, 2.05) is 0 Å². The van der Waals surface area contributed by atoms with Gasteiger partial charge in [-0.25, -0.2) is 0 Å². The van der Waals surface area contributed by atoms with Crippen molar-refractivity contribution in [2.45, 2.75) is 65.1 Å². The first-order valence-corrected chi connectivity index (χ1v) is 10.9. The van der Waals surface area contributed by atoms with Gasteiger partial charge < -0.3 is 4.74 Å². The Bertz CT molecular complexity index is 600. The van der Waals surface area contributed by atoms with Crippen molar-refractivity contribution < 1.29 is 4.74 Å². The lowest BCUT2D eigenvalue weighted by molar-refractivity contribution is -0.0989. The fraction of sp³-hybridized carbons (Fsp3) is 0.652. The molecule has 25 heavy (non-hydrogen) atoms. The Morgan fingerprint density at radius 3 is 2.64 bits per heavy atom. The molecule has 0 N–H and O–H groups in total. The molecular formula is C23H34OS. The van der Waals surface area contributed by atoms with Crippen molar-refractivity contribution in [1.29, 1.82) is 0 Å². The summed E-state index contributed by atoms with van der Waals surface area (Å²) in [6.07, 6.45) is 17.9. The molecule has 2 heteroatoms. The van der Waals surface area contributed by atoms with Crippen LogP contribution in [0.4, 0.5) is 0 Å². The zero-order chi connectivity index (χ0) is 18.1. The third-order valence-electron chi connectivity index (χ3n) is 5.34. The van der Waals surface area contributed by atoms with Crippen LogP contribution in [0.1, 0.15) is 53.9 Å². The summed E-state index contributed by atoms with van der Waals surface area (Å²) in [6, 6.07) is 0. The normalized spacial score (nSPS) is 28.9. The standard InChI is InChI=1S/C23H34OS/c1-22(2,3)24-23(4,5)16-25-15-21-19-12-8-6-10-17(19)14-18-11-7-9-13-20(18)21/h6-8,10-11,14,19-21H,9,12-13,15-16H2,1-5H3. The van der Waals surface area contributed by atoms with Crippen LogP contribution < -0.4 is 0 Å². The van der Waals surface area contributed by atoms with E-state index < -0.39 is 0 Å². The van der Waals surface area contributed by atoms with Gasteiger partial charge in [-0.3, -0.25) is 0 Å². The molecule has 0 aromatic carbocycles. The van der Waals surface area contributed by atoms with Crippen LogP contribution in [0, 0.1) is 17.8 Å². The molecule has 3 unspecified atom stereocenters. The predicted molar refractivity (Wildman–Crippen MR) is 111 cm³/mol. The summed E-state index contributed by atoms with van der Waals surface area (Å²) in [4.78, 5) is 0. The van der Waals surface area contributed by atoms with Gasteiger partial charge in [-0.15, -0.1) is 0 Å². The lowest BCUT2D eigenvalue weighted by Crippen LogP contribution is -2.38. The van der Waals surface area contributed by atoms with Gasteiger partial charge >= 0.3 is 0 Å². The maximum Gasteiger partial charge on any atom is 0.0723 e. The molecule has 3 aliphatic rings. The van der Waals surface area contributed by atoms with Gasteiger partial charge in [0, 0.05) is 5.75 Å². The summed E-state index contributed by atoms with van der Waals surface area (Å²) in [5.41, 5.74) is 2.97. The van der Waals surface area contributed by atoms with E-state index in [1.54, 1.807) is 11.1 Å². The third kappa shape index (κ3) is 4.92. The van der Waals surface area contributed by atoms with Crippen LogP contribution in [0.15, 0.2) is 47.6 Å². The second kappa shape index (κ2) is 7.48. The first-order chi connectivity index (χ1) is 11.8. The molecule has 3 rings (SSSR count). The zero-order valence-corrected chi connectivity index (χ0v) is 17.4. The largest absolute Gasteiger partial charge is 0.369 e. The molecule has 0 bridgehead atoms. The molecule has 1 nitrogen and oxygen atoms in total. The highest BCUT2D eigenvalue weighted by Crippen LogP contribution is 2.46. The zero-order valence-electron chi connectivity index (χ0n) is 16.5. The third-order valence-corrected chi connectivity index (χ3v) is 6.86. The Morgan fingerprint density at radius 2 is 1.88 bits per heavy atom. The van der Waals surface area contributed by atoms with Crippen LogP contribution in [-0.4, -0.2) is 22.7 Å². The number of rotatable bonds is 5. The van der Waals surface area contributed by atoms with E-state index in [9.17, 15) is 0 Å². The Labute approximate surface area is 158 Å². The van der Waals surface area contributed by atoms with Crippen molar-refractivity contribution in [2.75, 3.05) is 11.5 Å². The Kier molecular flexibility index (Phi) is 5.70. The molecule has 0 heterocycles. The molecule has 3 atom stereocenters. The van der Waals surface area contributed by atoms with Crippen molar-refractivity contribution in [3.63, 3.8) is 0 Å². The van der Waals surface area contributed by atoms with E-state index in [4.69, 9.17) is 4.74 Å². The van der Waals surface area contributed by atoms with Crippen molar-refractivity contribution in [3.05, 3.63) is 47.6 Å². The highest BCUT2D eigenvalue weighted by molar-refractivity contribution is 7.99. The van der Waals surface area contributed by atoms with Gasteiger partial charge in [0.2, 0.25) is 0 Å². The number of hydrogen-bond donors (Lipinski definition) is 0. The van der Waals surface area contributed by atoms with Crippen LogP contribution in [0.5, 0.6) is 0 Å². The molecule has 0 aromatic rings. The molecule has 3 aliphatic carbocycles. The van der Waals surface area contributed by atoms with Crippen molar-refractivity contribution >= 4 is 11.8 Å². The molecule has 0 aliphatic heterocycles. The lowest BCUT2D eigenvalue weighted by atomic mass is 9.65. The van der Waals surface area contributed by atoms with Gasteiger partial charge in [-0.1, -0.05) is 36.5 Å². The molecular weight excluding hydrogens is 324 g/mol. The first kappa shape index (κ1) is 19.0. The summed E-state index contributed by atoms with van der Waals surface area (Å²) >= 11 is 2.09. The highest BCUT2D eigenvalue weighted by atomic mass is 32.2. The summed E-state index contributed by atoms with van der Waals surface area (Å²) in [5, 5.41) is 0. The van der Waals surface area contributed by atoms with Gasteiger partial charge in [0.15, 0.2) is 0 Å². The van der Waals surface area contributed by atoms with E-state index in [-0.39, 0.29) is 11.2 Å². The van der Waals surface area contributed by atoms with Crippen molar-refractivity contribution in [2.24, 2.45) is 17.8 Å². The topological polar surface area (TPSA) is 9.23 Å². The second-order valence-corrected chi connectivity index (χ2v) is 10.4. The van der Waals surface area contributed by atoms with Gasteiger partial charge in [0.05, 0.1) is 11.2 Å². The van der Waals surface area contributed by atoms with E-state index in [2.05, 4.69) is 82.8 Å². The second-order valence-electron chi connectivity index (χ2n) is 9.32. The van der Waals surface area contributed by atoms with Crippen LogP contribution in [0.3, 0.4) is 0 Å². The highest BCUT2D eigenvalue weighted by Gasteiger charge is 2.37. The maximum atomic E-state index is 6.26. The fourth-order valence-corrected chi connectivity index (χ4v) is 6.05. The average molecular weight is 359 g/mol. The molecule has 0 aromatic heterocycles. The summed E-state index contributed by atoms with van der Waals surface area (Å²) in [5.74, 6) is 4.52. The summed E-state index contributed by atoms with van der Waals surface area (Å²) in [6.45, 7) is 10.9. The Balaban J connectivity index is 1.67. The monoisotopic (exact) mass is 358 g/mol. The number of hydrogen-bond acceptors (Lipinski definition) is 2. The minimum Gasteiger partial charge on any atom is -0.369 e. The van der Waals surface area contributed by atoms with E-state index in [0.29, 0.717) is 5.92 Å². The number of allylic oxidation sites excluding steroid dienone is 8. The number of ether oxygens (including phenoxy) is 1. The minimum absolute atomic E-state index is 0.0755. The Morgan fingerprint density at radius 1 is 1.08 bits per heavy atom.